The molecule has 2 heterocycles. The topological polar surface area (TPSA) is 99.5 Å². The minimum Gasteiger partial charge on any atom is -0.493 e. The lowest BCUT2D eigenvalue weighted by atomic mass is 9.70. The van der Waals surface area contributed by atoms with Crippen molar-refractivity contribution in [3.8, 4) is 23.3 Å². The molecule has 2 aliphatic rings. The van der Waals surface area contributed by atoms with E-state index in [9.17, 15) is 9.90 Å². The van der Waals surface area contributed by atoms with Crippen LogP contribution in [0.5, 0.6) is 23.3 Å². The van der Waals surface area contributed by atoms with Crippen LogP contribution in [0.2, 0.25) is 0 Å². The number of carboxylic acid groups (broad SMARTS) is 1. The number of methoxy groups -OCH3 is 4. The van der Waals surface area contributed by atoms with Gasteiger partial charge in [-0.25, -0.2) is 0 Å². The first-order valence-electron chi connectivity index (χ1n) is 10.6. The number of nitrogens with zero attached hydrogens (tertiary/aromatic N) is 2. The maximum atomic E-state index is 11.3. The number of aromatic nitrogens is 1. The zero-order valence-electron chi connectivity index (χ0n) is 18.8. The van der Waals surface area contributed by atoms with E-state index in [1.54, 1.807) is 34.5 Å². The van der Waals surface area contributed by atoms with Crippen molar-refractivity contribution in [1.29, 1.82) is 0 Å². The Kier molecular flexibility index (Phi) is 6.21. The molecule has 0 spiro atoms. The van der Waals surface area contributed by atoms with E-state index in [1.165, 1.54) is 0 Å². The monoisotopic (exact) mass is 440 g/mol. The Morgan fingerprint density at radius 1 is 1.00 bits per heavy atom. The van der Waals surface area contributed by atoms with Gasteiger partial charge in [0.15, 0.2) is 11.5 Å². The first-order chi connectivity index (χ1) is 15.5. The molecular formula is C24H28N2O6. The number of rotatable bonds is 7. The van der Waals surface area contributed by atoms with Crippen LogP contribution < -0.4 is 18.9 Å². The summed E-state index contributed by atoms with van der Waals surface area (Å²) in [6.07, 6.45) is 2.61. The molecule has 1 aliphatic heterocycles. The molecule has 0 bridgehead atoms. The minimum absolute atomic E-state index is 0.0486. The second kappa shape index (κ2) is 9.06. The van der Waals surface area contributed by atoms with Gasteiger partial charge in [-0.3, -0.25) is 9.79 Å². The van der Waals surface area contributed by atoms with Crippen molar-refractivity contribution >= 4 is 11.7 Å². The molecule has 170 valence electrons. The van der Waals surface area contributed by atoms with Gasteiger partial charge in [-0.2, -0.15) is 4.98 Å². The standard InChI is InChI=1S/C24H28N2O6/c1-29-19-11-15-16-9-13(10-22(27)28)5-7-18(16)25-23(17(15)12-20(19)30-2)14-6-8-21(31-3)26-24(14)32-4/h6,8,11-13,16,18H,5,7,9-10H2,1-4H3,(H,27,28). The van der Waals surface area contributed by atoms with E-state index in [2.05, 4.69) is 4.98 Å². The zero-order valence-corrected chi connectivity index (χ0v) is 18.8. The van der Waals surface area contributed by atoms with Crippen LogP contribution in [-0.4, -0.2) is 56.3 Å². The smallest absolute Gasteiger partial charge is 0.303 e. The molecule has 8 heteroatoms. The van der Waals surface area contributed by atoms with Crippen molar-refractivity contribution in [2.45, 2.75) is 37.6 Å². The number of hydrogen-bond acceptors (Lipinski definition) is 7. The summed E-state index contributed by atoms with van der Waals surface area (Å²) in [7, 11) is 6.35. The van der Waals surface area contributed by atoms with Gasteiger partial charge in [0, 0.05) is 24.0 Å². The van der Waals surface area contributed by atoms with Gasteiger partial charge < -0.3 is 24.1 Å². The molecule has 8 nitrogen and oxygen atoms in total. The second-order valence-electron chi connectivity index (χ2n) is 8.13. The molecule has 4 rings (SSSR count). The molecule has 1 fully saturated rings. The summed E-state index contributed by atoms with van der Waals surface area (Å²) in [6.45, 7) is 0. The highest BCUT2D eigenvalue weighted by Crippen LogP contribution is 2.47. The molecule has 1 saturated carbocycles. The van der Waals surface area contributed by atoms with E-state index in [0.717, 1.165) is 41.7 Å². The first-order valence-corrected chi connectivity index (χ1v) is 10.6. The van der Waals surface area contributed by atoms with Gasteiger partial charge >= 0.3 is 5.97 Å². The maximum absolute atomic E-state index is 11.3. The lowest BCUT2D eigenvalue weighted by Crippen LogP contribution is -2.33. The number of hydrogen-bond donors (Lipinski definition) is 1. The Morgan fingerprint density at radius 2 is 1.75 bits per heavy atom. The van der Waals surface area contributed by atoms with E-state index < -0.39 is 5.97 Å². The summed E-state index contributed by atoms with van der Waals surface area (Å²) in [6, 6.07) is 7.69. The van der Waals surface area contributed by atoms with Crippen molar-refractivity contribution in [2.75, 3.05) is 28.4 Å². The number of benzene rings is 1. The molecule has 1 aromatic heterocycles. The Labute approximate surface area is 187 Å². The van der Waals surface area contributed by atoms with E-state index in [-0.39, 0.29) is 24.3 Å². The summed E-state index contributed by atoms with van der Waals surface area (Å²) in [5.41, 5.74) is 3.56. The average molecular weight is 440 g/mol. The molecule has 3 atom stereocenters. The third kappa shape index (κ3) is 3.97. The Bertz CT molecular complexity index is 1050. The van der Waals surface area contributed by atoms with Crippen LogP contribution in [0, 0.1) is 5.92 Å². The highest BCUT2D eigenvalue weighted by Gasteiger charge is 2.38. The van der Waals surface area contributed by atoms with Crippen molar-refractivity contribution in [2.24, 2.45) is 10.9 Å². The number of carboxylic acids is 1. The lowest BCUT2D eigenvalue weighted by Gasteiger charge is -2.38. The third-order valence-corrected chi connectivity index (χ3v) is 6.38. The molecular weight excluding hydrogens is 412 g/mol. The van der Waals surface area contributed by atoms with Crippen molar-refractivity contribution < 1.29 is 28.8 Å². The van der Waals surface area contributed by atoms with Crippen molar-refractivity contribution in [3.05, 3.63) is 41.0 Å². The van der Waals surface area contributed by atoms with E-state index in [0.29, 0.717) is 23.3 Å². The molecule has 0 radical (unpaired) electrons. The second-order valence-corrected chi connectivity index (χ2v) is 8.13. The summed E-state index contributed by atoms with van der Waals surface area (Å²) in [4.78, 5) is 20.9. The molecule has 32 heavy (non-hydrogen) atoms. The molecule has 0 saturated heterocycles. The van der Waals surface area contributed by atoms with Crippen molar-refractivity contribution in [1.82, 2.24) is 4.98 Å². The van der Waals surface area contributed by atoms with Gasteiger partial charge in [0.2, 0.25) is 11.8 Å². The third-order valence-electron chi connectivity index (χ3n) is 6.38. The van der Waals surface area contributed by atoms with Crippen LogP contribution in [0.3, 0.4) is 0 Å². The van der Waals surface area contributed by atoms with Crippen LogP contribution >= 0.6 is 0 Å². The number of carbonyl (C=O) groups is 1. The van der Waals surface area contributed by atoms with Crippen molar-refractivity contribution in [3.63, 3.8) is 0 Å². The van der Waals surface area contributed by atoms with Gasteiger partial charge in [0.1, 0.15) is 0 Å². The van der Waals surface area contributed by atoms with Gasteiger partial charge in [-0.05, 0) is 48.9 Å². The molecule has 2 aromatic rings. The van der Waals surface area contributed by atoms with Crippen LogP contribution in [0.15, 0.2) is 29.3 Å². The van der Waals surface area contributed by atoms with Gasteiger partial charge in [-0.15, -0.1) is 0 Å². The normalized spacial score (nSPS) is 21.6. The van der Waals surface area contributed by atoms with E-state index in [1.807, 2.05) is 18.2 Å². The van der Waals surface area contributed by atoms with Crippen LogP contribution in [0.1, 0.15) is 48.3 Å². The van der Waals surface area contributed by atoms with Crippen LogP contribution in [0.4, 0.5) is 0 Å². The van der Waals surface area contributed by atoms with Gasteiger partial charge in [0.25, 0.3) is 0 Å². The summed E-state index contributed by atoms with van der Waals surface area (Å²) in [5, 5.41) is 9.30. The zero-order chi connectivity index (χ0) is 22.8. The highest BCUT2D eigenvalue weighted by molar-refractivity contribution is 6.16. The molecule has 1 aromatic carbocycles. The quantitative estimate of drug-likeness (QED) is 0.701. The maximum Gasteiger partial charge on any atom is 0.303 e. The molecule has 0 amide bonds. The fourth-order valence-electron chi connectivity index (χ4n) is 4.89. The Morgan fingerprint density at radius 3 is 2.41 bits per heavy atom. The first kappa shape index (κ1) is 21.9. The largest absolute Gasteiger partial charge is 0.493 e. The molecule has 1 N–H and O–H groups in total. The molecule has 1 aliphatic carbocycles. The SMILES string of the molecule is COc1ccc(C2=NC3CCC(CC(=O)O)CC3c3cc(OC)c(OC)cc32)c(OC)n1. The average Bonchev–Trinajstić information content (AvgIpc) is 2.81. The van der Waals surface area contributed by atoms with Crippen LogP contribution in [-0.2, 0) is 4.79 Å². The fourth-order valence-corrected chi connectivity index (χ4v) is 4.89. The van der Waals surface area contributed by atoms with E-state index >= 15 is 0 Å². The van der Waals surface area contributed by atoms with Crippen LogP contribution in [0.25, 0.3) is 0 Å². The number of fused-ring (bicyclic) bond motifs is 3. The minimum atomic E-state index is -0.755. The fraction of sp³-hybridized carbons (Fsp3) is 0.458. The number of ether oxygens (including phenoxy) is 4. The summed E-state index contributed by atoms with van der Waals surface area (Å²) < 4.78 is 22.0. The summed E-state index contributed by atoms with van der Waals surface area (Å²) >= 11 is 0. The van der Waals surface area contributed by atoms with Gasteiger partial charge in [0.05, 0.1) is 45.8 Å². The lowest BCUT2D eigenvalue weighted by molar-refractivity contribution is -0.138. The Balaban J connectivity index is 1.86. The number of aliphatic carboxylic acids is 1. The highest BCUT2D eigenvalue weighted by atomic mass is 16.5. The summed E-state index contributed by atoms with van der Waals surface area (Å²) in [5.74, 6) is 1.63. The predicted octanol–water partition coefficient (Wildman–Crippen LogP) is 3.69. The number of pyridine rings is 1. The Hall–Kier alpha value is -3.29. The predicted molar refractivity (Wildman–Crippen MR) is 119 cm³/mol. The van der Waals surface area contributed by atoms with Gasteiger partial charge in [-0.1, -0.05) is 0 Å². The van der Waals surface area contributed by atoms with E-state index in [4.69, 9.17) is 23.9 Å². The number of aliphatic imine (C=N–C) groups is 1. The molecule has 3 unspecified atom stereocenters.